The molecule has 0 unspecified atom stereocenters. The van der Waals surface area contributed by atoms with Gasteiger partial charge in [0.2, 0.25) is 0 Å². The van der Waals surface area contributed by atoms with Gasteiger partial charge >= 0.3 is 6.03 Å². The van der Waals surface area contributed by atoms with Crippen molar-refractivity contribution in [1.82, 2.24) is 5.32 Å². The van der Waals surface area contributed by atoms with E-state index in [1.807, 2.05) is 26.0 Å². The Balaban J connectivity index is 2.44. The van der Waals surface area contributed by atoms with Crippen LogP contribution in [0.25, 0.3) is 0 Å². The normalized spacial score (nSPS) is 10.3. The topological polar surface area (TPSA) is 41.1 Å². The Morgan fingerprint density at radius 2 is 1.79 bits per heavy atom. The first-order valence-electron chi connectivity index (χ1n) is 6.86. The van der Waals surface area contributed by atoms with Gasteiger partial charge in [-0.25, -0.2) is 4.79 Å². The van der Waals surface area contributed by atoms with Gasteiger partial charge in [0.15, 0.2) is 0 Å². The molecule has 1 rings (SSSR count). The zero-order valence-corrected chi connectivity index (χ0v) is 13.6. The van der Waals surface area contributed by atoms with E-state index in [2.05, 4.69) is 33.5 Å². The third kappa shape index (κ3) is 5.64. The molecule has 0 bridgehead atoms. The van der Waals surface area contributed by atoms with E-state index in [4.69, 9.17) is 0 Å². The van der Waals surface area contributed by atoms with Crippen LogP contribution in [0.3, 0.4) is 0 Å². The summed E-state index contributed by atoms with van der Waals surface area (Å²) >= 11 is 3.45. The second-order valence-electron chi connectivity index (χ2n) is 4.86. The maximum absolute atomic E-state index is 11.8. The first kappa shape index (κ1) is 16.0. The minimum Gasteiger partial charge on any atom is -0.338 e. The van der Waals surface area contributed by atoms with Crippen molar-refractivity contribution in [3.05, 3.63) is 27.7 Å². The molecule has 0 spiro atoms. The van der Waals surface area contributed by atoms with Gasteiger partial charge in [-0.15, -0.1) is 0 Å². The molecule has 0 saturated carbocycles. The molecule has 0 radical (unpaired) electrons. The van der Waals surface area contributed by atoms with Gasteiger partial charge in [-0.3, -0.25) is 0 Å². The SMILES string of the molecule is CCCCCCNC(=O)Nc1c(C)cc(Br)cc1C. The number of halogens is 1. The number of hydrogen-bond donors (Lipinski definition) is 2. The summed E-state index contributed by atoms with van der Waals surface area (Å²) in [5.41, 5.74) is 3.02. The van der Waals surface area contributed by atoms with Crippen LogP contribution in [0.1, 0.15) is 43.7 Å². The molecule has 0 atom stereocenters. The summed E-state index contributed by atoms with van der Waals surface area (Å²) in [6.45, 7) is 6.91. The summed E-state index contributed by atoms with van der Waals surface area (Å²) in [5, 5.41) is 5.82. The van der Waals surface area contributed by atoms with Gasteiger partial charge in [0, 0.05) is 16.7 Å². The Morgan fingerprint density at radius 3 is 2.37 bits per heavy atom. The smallest absolute Gasteiger partial charge is 0.319 e. The lowest BCUT2D eigenvalue weighted by molar-refractivity contribution is 0.252. The number of anilines is 1. The van der Waals surface area contributed by atoms with E-state index in [1.54, 1.807) is 0 Å². The van der Waals surface area contributed by atoms with Crippen molar-refractivity contribution in [2.45, 2.75) is 46.5 Å². The fourth-order valence-electron chi connectivity index (χ4n) is 2.02. The molecule has 1 aromatic carbocycles. The first-order valence-corrected chi connectivity index (χ1v) is 7.65. The molecule has 0 aliphatic rings. The van der Waals surface area contributed by atoms with Crippen LogP contribution in [0, 0.1) is 13.8 Å². The standard InChI is InChI=1S/C15H23BrN2O/c1-4-5-6-7-8-17-15(19)18-14-11(2)9-13(16)10-12(14)3/h9-10H,4-8H2,1-3H3,(H2,17,18,19). The van der Waals surface area contributed by atoms with Crippen LogP contribution in [-0.4, -0.2) is 12.6 Å². The molecule has 3 nitrogen and oxygen atoms in total. The van der Waals surface area contributed by atoms with Gasteiger partial charge in [-0.1, -0.05) is 42.1 Å². The lowest BCUT2D eigenvalue weighted by Gasteiger charge is -2.13. The zero-order chi connectivity index (χ0) is 14.3. The molecule has 1 aromatic rings. The quantitative estimate of drug-likeness (QED) is 0.726. The van der Waals surface area contributed by atoms with Gasteiger partial charge in [0.1, 0.15) is 0 Å². The molecule has 0 aliphatic carbocycles. The number of amides is 2. The highest BCUT2D eigenvalue weighted by atomic mass is 79.9. The predicted molar refractivity (Wildman–Crippen MR) is 84.8 cm³/mol. The molecule has 2 N–H and O–H groups in total. The highest BCUT2D eigenvalue weighted by Gasteiger charge is 2.07. The van der Waals surface area contributed by atoms with Crippen LogP contribution in [0.2, 0.25) is 0 Å². The van der Waals surface area contributed by atoms with Gasteiger partial charge in [-0.2, -0.15) is 0 Å². The van der Waals surface area contributed by atoms with Crippen LogP contribution in [0.4, 0.5) is 10.5 Å². The van der Waals surface area contributed by atoms with E-state index >= 15 is 0 Å². The fourth-order valence-corrected chi connectivity index (χ4v) is 2.71. The second-order valence-corrected chi connectivity index (χ2v) is 5.77. The second kappa shape index (κ2) is 8.20. The largest absolute Gasteiger partial charge is 0.338 e. The van der Waals surface area contributed by atoms with E-state index in [9.17, 15) is 4.79 Å². The van der Waals surface area contributed by atoms with Crippen LogP contribution >= 0.6 is 15.9 Å². The monoisotopic (exact) mass is 326 g/mol. The Kier molecular flexibility index (Phi) is 6.92. The number of unbranched alkanes of at least 4 members (excludes halogenated alkanes) is 3. The molecular formula is C15H23BrN2O. The van der Waals surface area contributed by atoms with Crippen molar-refractivity contribution >= 4 is 27.6 Å². The maximum Gasteiger partial charge on any atom is 0.319 e. The number of benzene rings is 1. The highest BCUT2D eigenvalue weighted by molar-refractivity contribution is 9.10. The minimum atomic E-state index is -0.120. The number of rotatable bonds is 6. The lowest BCUT2D eigenvalue weighted by Crippen LogP contribution is -2.30. The fraction of sp³-hybridized carbons (Fsp3) is 0.533. The Hall–Kier alpha value is -1.03. The van der Waals surface area contributed by atoms with Gasteiger partial charge in [0.25, 0.3) is 0 Å². The molecule has 2 amide bonds. The van der Waals surface area contributed by atoms with E-state index in [-0.39, 0.29) is 6.03 Å². The minimum absolute atomic E-state index is 0.120. The molecule has 0 saturated heterocycles. The molecule has 106 valence electrons. The van der Waals surface area contributed by atoms with Gasteiger partial charge in [0.05, 0.1) is 0 Å². The summed E-state index contributed by atoms with van der Waals surface area (Å²) in [5.74, 6) is 0. The summed E-state index contributed by atoms with van der Waals surface area (Å²) in [6.07, 6.45) is 4.66. The van der Waals surface area contributed by atoms with E-state index in [0.717, 1.165) is 34.3 Å². The summed E-state index contributed by atoms with van der Waals surface area (Å²) < 4.78 is 1.04. The Morgan fingerprint density at radius 1 is 1.16 bits per heavy atom. The van der Waals surface area contributed by atoms with Crippen LogP contribution in [0.15, 0.2) is 16.6 Å². The van der Waals surface area contributed by atoms with Crippen LogP contribution < -0.4 is 10.6 Å². The molecule has 0 aromatic heterocycles. The van der Waals surface area contributed by atoms with Crippen molar-refractivity contribution in [2.24, 2.45) is 0 Å². The van der Waals surface area contributed by atoms with Gasteiger partial charge in [-0.05, 0) is 43.5 Å². The average Bonchev–Trinajstić information content (AvgIpc) is 2.33. The highest BCUT2D eigenvalue weighted by Crippen LogP contribution is 2.24. The van der Waals surface area contributed by atoms with Crippen molar-refractivity contribution in [1.29, 1.82) is 0 Å². The summed E-state index contributed by atoms with van der Waals surface area (Å²) in [6, 6.07) is 3.89. The zero-order valence-electron chi connectivity index (χ0n) is 12.0. The third-order valence-electron chi connectivity index (χ3n) is 3.05. The molecule has 19 heavy (non-hydrogen) atoms. The number of nitrogens with one attached hydrogen (secondary N) is 2. The Bertz CT molecular complexity index is 409. The van der Waals surface area contributed by atoms with Crippen LogP contribution in [-0.2, 0) is 0 Å². The molecular weight excluding hydrogens is 304 g/mol. The Labute approximate surface area is 124 Å². The first-order chi connectivity index (χ1) is 9.04. The summed E-state index contributed by atoms with van der Waals surface area (Å²) in [7, 11) is 0. The van der Waals surface area contributed by atoms with Crippen molar-refractivity contribution in [2.75, 3.05) is 11.9 Å². The third-order valence-corrected chi connectivity index (χ3v) is 3.51. The van der Waals surface area contributed by atoms with Crippen molar-refractivity contribution < 1.29 is 4.79 Å². The summed E-state index contributed by atoms with van der Waals surface area (Å²) in [4.78, 5) is 11.8. The van der Waals surface area contributed by atoms with Crippen molar-refractivity contribution in [3.63, 3.8) is 0 Å². The molecule has 0 heterocycles. The maximum atomic E-state index is 11.8. The number of aryl methyl sites for hydroxylation is 2. The molecule has 0 aliphatic heterocycles. The van der Waals surface area contributed by atoms with E-state index in [0.29, 0.717) is 0 Å². The number of urea groups is 1. The molecule has 0 fully saturated rings. The van der Waals surface area contributed by atoms with Crippen molar-refractivity contribution in [3.8, 4) is 0 Å². The predicted octanol–water partition coefficient (Wildman–Crippen LogP) is 4.77. The van der Waals surface area contributed by atoms with E-state index in [1.165, 1.54) is 19.3 Å². The number of hydrogen-bond acceptors (Lipinski definition) is 1. The number of carbonyl (C=O) groups excluding carboxylic acids is 1. The van der Waals surface area contributed by atoms with E-state index < -0.39 is 0 Å². The number of carbonyl (C=O) groups is 1. The van der Waals surface area contributed by atoms with Gasteiger partial charge < -0.3 is 10.6 Å². The average molecular weight is 327 g/mol. The molecule has 4 heteroatoms. The lowest BCUT2D eigenvalue weighted by atomic mass is 10.1. The van der Waals surface area contributed by atoms with Crippen LogP contribution in [0.5, 0.6) is 0 Å².